The third-order valence-corrected chi connectivity index (χ3v) is 2.30. The Morgan fingerprint density at radius 1 is 1.38 bits per heavy atom. The number of hydrogen-bond acceptors (Lipinski definition) is 1. The predicted octanol–water partition coefficient (Wildman–Crippen LogP) is 1.26. The molecule has 46 valence electrons. The van der Waals surface area contributed by atoms with Gasteiger partial charge in [-0.2, -0.15) is 0 Å². The van der Waals surface area contributed by atoms with Crippen LogP contribution < -0.4 is 0 Å². The third-order valence-electron chi connectivity index (χ3n) is 2.30. The Kier molecular flexibility index (Phi) is 1.16. The van der Waals surface area contributed by atoms with Gasteiger partial charge in [-0.3, -0.25) is 4.90 Å². The van der Waals surface area contributed by atoms with E-state index in [1.54, 1.807) is 0 Å². The lowest BCUT2D eigenvalue weighted by Gasteiger charge is -2.45. The minimum Gasteiger partial charge on any atom is -0.293 e. The van der Waals surface area contributed by atoms with Crippen LogP contribution in [0.4, 0.5) is 0 Å². The van der Waals surface area contributed by atoms with Crippen molar-refractivity contribution in [3.05, 3.63) is 12.2 Å². The molecule has 0 radical (unpaired) electrons. The second kappa shape index (κ2) is 1.59. The van der Waals surface area contributed by atoms with Gasteiger partial charge < -0.3 is 0 Å². The first-order valence-corrected chi connectivity index (χ1v) is 3.05. The molecule has 0 amide bonds. The van der Waals surface area contributed by atoms with Gasteiger partial charge in [0.1, 0.15) is 0 Å². The van der Waals surface area contributed by atoms with Crippen LogP contribution in [0, 0.1) is 0 Å². The van der Waals surface area contributed by atoms with E-state index in [9.17, 15) is 0 Å². The molecule has 0 saturated carbocycles. The van der Waals surface area contributed by atoms with Crippen molar-refractivity contribution in [1.29, 1.82) is 0 Å². The molecule has 1 saturated heterocycles. The highest BCUT2D eigenvalue weighted by atomic mass is 15.2. The summed E-state index contributed by atoms with van der Waals surface area (Å²) in [5.74, 6) is 0. The van der Waals surface area contributed by atoms with Crippen LogP contribution in [0.15, 0.2) is 12.2 Å². The van der Waals surface area contributed by atoms with Crippen LogP contribution in [0.1, 0.15) is 13.8 Å². The summed E-state index contributed by atoms with van der Waals surface area (Å²) < 4.78 is 0. The lowest BCUT2D eigenvalue weighted by atomic mass is 9.91. The van der Waals surface area contributed by atoms with Crippen LogP contribution in [0.3, 0.4) is 0 Å². The molecule has 1 nitrogen and oxygen atoms in total. The van der Waals surface area contributed by atoms with Crippen molar-refractivity contribution in [2.24, 2.45) is 0 Å². The first kappa shape index (κ1) is 5.83. The molecule has 0 N–H and O–H groups in total. The van der Waals surface area contributed by atoms with E-state index in [1.165, 1.54) is 5.57 Å². The summed E-state index contributed by atoms with van der Waals surface area (Å²) >= 11 is 0. The molecule has 2 unspecified atom stereocenters. The van der Waals surface area contributed by atoms with Crippen molar-refractivity contribution in [2.45, 2.75) is 25.9 Å². The average molecular weight is 111 g/mol. The molecule has 1 heterocycles. The van der Waals surface area contributed by atoms with Gasteiger partial charge in [-0.1, -0.05) is 6.58 Å². The smallest absolute Gasteiger partial charge is 0.0294 e. The van der Waals surface area contributed by atoms with Crippen molar-refractivity contribution in [2.75, 3.05) is 7.05 Å². The van der Waals surface area contributed by atoms with Crippen LogP contribution in [-0.4, -0.2) is 24.0 Å². The molecule has 0 aromatic rings. The number of likely N-dealkylation sites (tertiary alicyclic amines) is 1. The maximum atomic E-state index is 3.93. The standard InChI is InChI=1S/C7H13N/c1-5-6(2)8(4)7(5)3/h6-7H,1H2,2-4H3. The molecule has 1 rings (SSSR count). The molecule has 0 aromatic heterocycles. The first-order chi connectivity index (χ1) is 3.64. The fourth-order valence-corrected chi connectivity index (χ4v) is 1.13. The van der Waals surface area contributed by atoms with Crippen molar-refractivity contribution in [1.82, 2.24) is 4.90 Å². The fourth-order valence-electron chi connectivity index (χ4n) is 1.13. The Hall–Kier alpha value is -0.300. The van der Waals surface area contributed by atoms with Gasteiger partial charge in [0.05, 0.1) is 0 Å². The summed E-state index contributed by atoms with van der Waals surface area (Å²) in [7, 11) is 2.13. The number of likely N-dealkylation sites (N-methyl/N-ethyl adjacent to an activating group) is 1. The Bertz CT molecular complexity index is 106. The minimum atomic E-state index is 0.616. The highest BCUT2D eigenvalue weighted by Crippen LogP contribution is 2.26. The average Bonchev–Trinajstić information content (AvgIpc) is 1.83. The van der Waals surface area contributed by atoms with Gasteiger partial charge in [0, 0.05) is 12.1 Å². The molecule has 8 heavy (non-hydrogen) atoms. The molecule has 1 aliphatic rings. The zero-order valence-corrected chi connectivity index (χ0v) is 5.81. The van der Waals surface area contributed by atoms with Gasteiger partial charge in [0.2, 0.25) is 0 Å². The van der Waals surface area contributed by atoms with Crippen LogP contribution in [0.2, 0.25) is 0 Å². The van der Waals surface area contributed by atoms with Crippen molar-refractivity contribution < 1.29 is 0 Å². The van der Waals surface area contributed by atoms with Gasteiger partial charge in [-0.25, -0.2) is 0 Å². The quantitative estimate of drug-likeness (QED) is 0.425. The van der Waals surface area contributed by atoms with Gasteiger partial charge in [0.15, 0.2) is 0 Å². The minimum absolute atomic E-state index is 0.616. The molecule has 0 aromatic carbocycles. The Morgan fingerprint density at radius 3 is 1.88 bits per heavy atom. The number of rotatable bonds is 0. The summed E-state index contributed by atoms with van der Waals surface area (Å²) in [5.41, 5.74) is 1.37. The van der Waals surface area contributed by atoms with Gasteiger partial charge in [-0.05, 0) is 26.5 Å². The molecular formula is C7H13N. The maximum Gasteiger partial charge on any atom is 0.0294 e. The van der Waals surface area contributed by atoms with Crippen molar-refractivity contribution in [3.63, 3.8) is 0 Å². The summed E-state index contributed by atoms with van der Waals surface area (Å²) in [6.45, 7) is 8.30. The summed E-state index contributed by atoms with van der Waals surface area (Å²) in [4.78, 5) is 2.31. The molecular weight excluding hydrogens is 98.1 g/mol. The monoisotopic (exact) mass is 111 g/mol. The number of nitrogens with zero attached hydrogens (tertiary/aromatic N) is 1. The molecule has 1 aliphatic heterocycles. The van der Waals surface area contributed by atoms with E-state index in [2.05, 4.69) is 32.4 Å². The van der Waals surface area contributed by atoms with E-state index < -0.39 is 0 Å². The van der Waals surface area contributed by atoms with E-state index >= 15 is 0 Å². The highest BCUT2D eigenvalue weighted by Gasteiger charge is 2.31. The van der Waals surface area contributed by atoms with Crippen molar-refractivity contribution in [3.8, 4) is 0 Å². The molecule has 0 bridgehead atoms. The first-order valence-electron chi connectivity index (χ1n) is 3.05. The van der Waals surface area contributed by atoms with Gasteiger partial charge in [0.25, 0.3) is 0 Å². The SMILES string of the molecule is C=C1C(C)N(C)C1C. The molecule has 1 fully saturated rings. The largest absolute Gasteiger partial charge is 0.293 e. The zero-order valence-electron chi connectivity index (χ0n) is 5.81. The lowest BCUT2D eigenvalue weighted by molar-refractivity contribution is 0.152. The molecule has 1 heteroatoms. The summed E-state index contributed by atoms with van der Waals surface area (Å²) in [6, 6.07) is 1.23. The molecule has 2 atom stereocenters. The Morgan fingerprint density at radius 2 is 1.75 bits per heavy atom. The fraction of sp³-hybridized carbons (Fsp3) is 0.714. The highest BCUT2D eigenvalue weighted by molar-refractivity contribution is 5.21. The maximum absolute atomic E-state index is 3.93. The van der Waals surface area contributed by atoms with E-state index in [-0.39, 0.29) is 0 Å². The lowest BCUT2D eigenvalue weighted by Crippen LogP contribution is -2.52. The van der Waals surface area contributed by atoms with Crippen molar-refractivity contribution >= 4 is 0 Å². The van der Waals surface area contributed by atoms with Gasteiger partial charge >= 0.3 is 0 Å². The van der Waals surface area contributed by atoms with E-state index in [0.29, 0.717) is 12.1 Å². The normalized spacial score (nSPS) is 39.6. The molecule has 0 aliphatic carbocycles. The Balaban J connectivity index is 2.55. The van der Waals surface area contributed by atoms with E-state index in [1.807, 2.05) is 0 Å². The van der Waals surface area contributed by atoms with E-state index in [0.717, 1.165) is 0 Å². The predicted molar refractivity (Wildman–Crippen MR) is 35.8 cm³/mol. The van der Waals surface area contributed by atoms with Crippen LogP contribution in [-0.2, 0) is 0 Å². The zero-order chi connectivity index (χ0) is 6.31. The third kappa shape index (κ3) is 0.511. The Labute approximate surface area is 51.0 Å². The summed E-state index contributed by atoms with van der Waals surface area (Å²) in [5, 5.41) is 0. The second-order valence-electron chi connectivity index (χ2n) is 2.59. The van der Waals surface area contributed by atoms with Crippen LogP contribution >= 0.6 is 0 Å². The van der Waals surface area contributed by atoms with Gasteiger partial charge in [-0.15, -0.1) is 0 Å². The second-order valence-corrected chi connectivity index (χ2v) is 2.59. The van der Waals surface area contributed by atoms with Crippen LogP contribution in [0.5, 0.6) is 0 Å². The summed E-state index contributed by atoms with van der Waals surface area (Å²) in [6.07, 6.45) is 0. The van der Waals surface area contributed by atoms with E-state index in [4.69, 9.17) is 0 Å². The number of hydrogen-bond donors (Lipinski definition) is 0. The topological polar surface area (TPSA) is 3.24 Å². The molecule has 0 spiro atoms. The van der Waals surface area contributed by atoms with Crippen LogP contribution in [0.25, 0.3) is 0 Å².